The summed E-state index contributed by atoms with van der Waals surface area (Å²) in [5.74, 6) is -0.950. The minimum absolute atomic E-state index is 0.234. The van der Waals surface area contributed by atoms with Crippen LogP contribution in [0, 0.1) is 13.8 Å². The van der Waals surface area contributed by atoms with Crippen LogP contribution in [0.5, 0.6) is 0 Å². The smallest absolute Gasteiger partial charge is 0.354 e. The Morgan fingerprint density at radius 3 is 2.70 bits per heavy atom. The summed E-state index contributed by atoms with van der Waals surface area (Å²) in [6.07, 6.45) is 1.86. The van der Waals surface area contributed by atoms with Crippen molar-refractivity contribution in [2.24, 2.45) is 0 Å². The van der Waals surface area contributed by atoms with Gasteiger partial charge in [-0.25, -0.2) is 9.78 Å². The molecule has 1 N–H and O–H groups in total. The van der Waals surface area contributed by atoms with E-state index in [1.807, 2.05) is 13.1 Å². The van der Waals surface area contributed by atoms with E-state index < -0.39 is 5.97 Å². The molecule has 2 aromatic rings. The highest BCUT2D eigenvalue weighted by Crippen LogP contribution is 2.23. The first-order valence-corrected chi connectivity index (χ1v) is 6.63. The van der Waals surface area contributed by atoms with Gasteiger partial charge in [-0.1, -0.05) is 0 Å². The average molecular weight is 275 g/mol. The second-order valence-corrected chi connectivity index (χ2v) is 5.03. The Kier molecular flexibility index (Phi) is 3.10. The van der Waals surface area contributed by atoms with Crippen molar-refractivity contribution in [1.29, 1.82) is 0 Å². The van der Waals surface area contributed by atoms with Gasteiger partial charge in [-0.2, -0.15) is 0 Å². The molecule has 0 atom stereocenters. The number of carbonyl (C=O) groups is 1. The fourth-order valence-electron chi connectivity index (χ4n) is 2.66. The van der Waals surface area contributed by atoms with E-state index in [9.17, 15) is 9.90 Å². The van der Waals surface area contributed by atoms with E-state index in [1.54, 1.807) is 11.3 Å². The number of aromatic nitrogens is 2. The lowest BCUT2D eigenvalue weighted by atomic mass is 10.2. The molecule has 0 spiro atoms. The lowest BCUT2D eigenvalue weighted by Gasteiger charge is -2.29. The Labute approximate surface area is 116 Å². The Morgan fingerprint density at radius 2 is 2.05 bits per heavy atom. The molecular weight excluding hydrogens is 258 g/mol. The number of carboxylic acid groups (broad SMARTS) is 1. The number of anilines is 1. The summed E-state index contributed by atoms with van der Waals surface area (Å²) >= 11 is 0. The van der Waals surface area contributed by atoms with Gasteiger partial charge in [0.1, 0.15) is 5.65 Å². The van der Waals surface area contributed by atoms with Gasteiger partial charge in [-0.15, -0.1) is 0 Å². The molecule has 106 valence electrons. The summed E-state index contributed by atoms with van der Waals surface area (Å²) in [6, 6.07) is 2.05. The molecule has 6 nitrogen and oxygen atoms in total. The van der Waals surface area contributed by atoms with Crippen LogP contribution in [-0.4, -0.2) is 46.8 Å². The van der Waals surface area contributed by atoms with Gasteiger partial charge in [0.05, 0.1) is 24.6 Å². The molecule has 3 rings (SSSR count). The lowest BCUT2D eigenvalue weighted by Crippen LogP contribution is -2.36. The molecule has 1 saturated heterocycles. The quantitative estimate of drug-likeness (QED) is 0.899. The minimum Gasteiger partial charge on any atom is -0.477 e. The van der Waals surface area contributed by atoms with Gasteiger partial charge < -0.3 is 14.7 Å². The van der Waals surface area contributed by atoms with Crippen molar-refractivity contribution in [3.8, 4) is 0 Å². The van der Waals surface area contributed by atoms with Crippen LogP contribution < -0.4 is 4.90 Å². The maximum atomic E-state index is 11.4. The third kappa shape index (κ3) is 2.02. The van der Waals surface area contributed by atoms with Crippen LogP contribution >= 0.6 is 0 Å². The predicted molar refractivity (Wildman–Crippen MR) is 74.7 cm³/mol. The Morgan fingerprint density at radius 1 is 1.35 bits per heavy atom. The molecule has 0 amide bonds. The van der Waals surface area contributed by atoms with Gasteiger partial charge in [-0.3, -0.25) is 4.40 Å². The Balaban J connectivity index is 2.16. The number of aryl methyl sites for hydroxylation is 2. The van der Waals surface area contributed by atoms with Crippen LogP contribution in [0.3, 0.4) is 0 Å². The SMILES string of the molecule is Cc1nc2c(C)cc(N3CCOCC3)cn2c1C(=O)O. The molecule has 1 fully saturated rings. The molecular formula is C14H17N3O3. The molecule has 1 aliphatic rings. The van der Waals surface area contributed by atoms with Crippen molar-refractivity contribution in [3.05, 3.63) is 29.2 Å². The number of nitrogens with zero attached hydrogens (tertiary/aromatic N) is 3. The van der Waals surface area contributed by atoms with E-state index in [4.69, 9.17) is 4.74 Å². The molecule has 0 radical (unpaired) electrons. The van der Waals surface area contributed by atoms with E-state index in [0.29, 0.717) is 24.6 Å². The highest BCUT2D eigenvalue weighted by atomic mass is 16.5. The van der Waals surface area contributed by atoms with Crippen molar-refractivity contribution >= 4 is 17.3 Å². The van der Waals surface area contributed by atoms with Crippen molar-refractivity contribution in [2.75, 3.05) is 31.2 Å². The molecule has 0 aliphatic carbocycles. The van der Waals surface area contributed by atoms with Crippen LogP contribution in [0.2, 0.25) is 0 Å². The molecule has 6 heteroatoms. The number of ether oxygens (including phenoxy) is 1. The zero-order valence-corrected chi connectivity index (χ0v) is 11.6. The monoisotopic (exact) mass is 275 g/mol. The van der Waals surface area contributed by atoms with Crippen LogP contribution in [0.15, 0.2) is 12.3 Å². The topological polar surface area (TPSA) is 67.1 Å². The second kappa shape index (κ2) is 4.79. The number of rotatable bonds is 2. The number of fused-ring (bicyclic) bond motifs is 1. The summed E-state index contributed by atoms with van der Waals surface area (Å²) < 4.78 is 7.03. The van der Waals surface area contributed by atoms with E-state index in [0.717, 1.165) is 24.3 Å². The first-order valence-electron chi connectivity index (χ1n) is 6.63. The molecule has 3 heterocycles. The lowest BCUT2D eigenvalue weighted by molar-refractivity contribution is 0.0688. The van der Waals surface area contributed by atoms with E-state index >= 15 is 0 Å². The normalized spacial score (nSPS) is 15.8. The molecule has 0 bridgehead atoms. The fraction of sp³-hybridized carbons (Fsp3) is 0.429. The van der Waals surface area contributed by atoms with Gasteiger partial charge in [0.2, 0.25) is 0 Å². The number of pyridine rings is 1. The predicted octanol–water partition coefficient (Wildman–Crippen LogP) is 1.49. The van der Waals surface area contributed by atoms with Gasteiger partial charge in [-0.05, 0) is 25.5 Å². The molecule has 20 heavy (non-hydrogen) atoms. The maximum Gasteiger partial charge on any atom is 0.354 e. The molecule has 0 aromatic carbocycles. The first-order chi connectivity index (χ1) is 9.58. The van der Waals surface area contributed by atoms with Crippen LogP contribution in [0.4, 0.5) is 5.69 Å². The Bertz CT molecular complexity index is 672. The molecule has 0 saturated carbocycles. The van der Waals surface area contributed by atoms with Crippen molar-refractivity contribution in [3.63, 3.8) is 0 Å². The summed E-state index contributed by atoms with van der Waals surface area (Å²) in [5, 5.41) is 9.35. The zero-order chi connectivity index (χ0) is 14.3. The van der Waals surface area contributed by atoms with Crippen LogP contribution in [0.25, 0.3) is 5.65 Å². The second-order valence-electron chi connectivity index (χ2n) is 5.03. The number of hydrogen-bond donors (Lipinski definition) is 1. The average Bonchev–Trinajstić information content (AvgIpc) is 2.76. The van der Waals surface area contributed by atoms with Crippen molar-refractivity contribution in [2.45, 2.75) is 13.8 Å². The highest BCUT2D eigenvalue weighted by molar-refractivity contribution is 5.88. The number of carboxylic acids is 1. The summed E-state index contributed by atoms with van der Waals surface area (Å²) in [5.41, 5.74) is 3.47. The molecule has 0 unspecified atom stereocenters. The van der Waals surface area contributed by atoms with Crippen LogP contribution in [0.1, 0.15) is 21.7 Å². The largest absolute Gasteiger partial charge is 0.477 e. The number of imidazole rings is 1. The highest BCUT2D eigenvalue weighted by Gasteiger charge is 2.19. The van der Waals surface area contributed by atoms with Gasteiger partial charge in [0.25, 0.3) is 0 Å². The van der Waals surface area contributed by atoms with E-state index in [1.165, 1.54) is 0 Å². The number of morpholine rings is 1. The maximum absolute atomic E-state index is 11.4. The number of aromatic carboxylic acids is 1. The number of hydrogen-bond acceptors (Lipinski definition) is 4. The third-order valence-electron chi connectivity index (χ3n) is 3.64. The standard InChI is InChI=1S/C14H17N3O3/c1-9-7-11(16-3-5-20-6-4-16)8-17-12(14(18)19)10(2)15-13(9)17/h7-8H,3-6H2,1-2H3,(H,18,19). The van der Waals surface area contributed by atoms with Gasteiger partial charge >= 0.3 is 5.97 Å². The van der Waals surface area contributed by atoms with Crippen molar-refractivity contribution < 1.29 is 14.6 Å². The van der Waals surface area contributed by atoms with Gasteiger partial charge in [0, 0.05) is 19.3 Å². The third-order valence-corrected chi connectivity index (χ3v) is 3.64. The van der Waals surface area contributed by atoms with Crippen LogP contribution in [-0.2, 0) is 4.74 Å². The summed E-state index contributed by atoms with van der Waals surface area (Å²) in [7, 11) is 0. The zero-order valence-electron chi connectivity index (χ0n) is 11.6. The summed E-state index contributed by atoms with van der Waals surface area (Å²) in [6.45, 7) is 6.72. The van der Waals surface area contributed by atoms with Gasteiger partial charge in [0.15, 0.2) is 5.69 Å². The minimum atomic E-state index is -0.950. The molecule has 2 aromatic heterocycles. The van der Waals surface area contributed by atoms with Crippen molar-refractivity contribution in [1.82, 2.24) is 9.38 Å². The van der Waals surface area contributed by atoms with E-state index in [-0.39, 0.29) is 5.69 Å². The van der Waals surface area contributed by atoms with E-state index in [2.05, 4.69) is 16.0 Å². The fourth-order valence-corrected chi connectivity index (χ4v) is 2.66. The Hall–Kier alpha value is -2.08. The first kappa shape index (κ1) is 12.9. The summed E-state index contributed by atoms with van der Waals surface area (Å²) in [4.78, 5) is 18.0. The molecule has 1 aliphatic heterocycles.